The van der Waals surface area contributed by atoms with E-state index in [1.807, 2.05) is 24.3 Å². The van der Waals surface area contributed by atoms with E-state index >= 15 is 0 Å². The number of ether oxygens (including phenoxy) is 1. The van der Waals surface area contributed by atoms with Crippen molar-refractivity contribution in [2.75, 3.05) is 25.1 Å². The van der Waals surface area contributed by atoms with E-state index in [1.165, 1.54) is 10.9 Å². The Morgan fingerprint density at radius 3 is 2.72 bits per heavy atom. The zero-order valence-corrected chi connectivity index (χ0v) is 16.8. The highest BCUT2D eigenvalue weighted by atomic mass is 16.5. The van der Waals surface area contributed by atoms with Gasteiger partial charge in [0.15, 0.2) is 0 Å². The largest absolute Gasteiger partial charge is 0.495 e. The van der Waals surface area contributed by atoms with Crippen molar-refractivity contribution in [3.05, 3.63) is 52.3 Å². The Kier molecular flexibility index (Phi) is 5.00. The number of hydrogen-bond acceptors (Lipinski definition) is 6. The highest BCUT2D eigenvalue weighted by Gasteiger charge is 2.27. The molecule has 1 aliphatic heterocycles. The van der Waals surface area contributed by atoms with E-state index in [4.69, 9.17) is 9.15 Å². The number of aryl methyl sites for hydroxylation is 2. The number of carbonyl (C=O) groups excluding carboxylic acids is 1. The number of nitrogens with zero attached hydrogens (tertiary/aromatic N) is 3. The third kappa shape index (κ3) is 3.46. The molecule has 0 radical (unpaired) electrons. The summed E-state index contributed by atoms with van der Waals surface area (Å²) in [5.74, 6) is 0.959. The summed E-state index contributed by atoms with van der Waals surface area (Å²) < 4.78 is 12.3. The van der Waals surface area contributed by atoms with Gasteiger partial charge in [-0.15, -0.1) is 0 Å². The number of anilines is 1. The Bertz CT molecular complexity index is 1110. The lowest BCUT2D eigenvalue weighted by atomic mass is 10.0. The molecule has 3 aromatic rings. The molecule has 8 nitrogen and oxygen atoms in total. The van der Waals surface area contributed by atoms with Crippen LogP contribution < -0.4 is 20.5 Å². The van der Waals surface area contributed by atoms with Gasteiger partial charge in [0.2, 0.25) is 5.71 Å². The third-order valence-electron chi connectivity index (χ3n) is 5.43. The molecular weight excluding hydrogens is 372 g/mol. The molecule has 0 bridgehead atoms. The molecule has 1 amide bonds. The van der Waals surface area contributed by atoms with Gasteiger partial charge in [-0.05, 0) is 31.9 Å². The number of amides is 1. The van der Waals surface area contributed by atoms with Crippen molar-refractivity contribution in [1.82, 2.24) is 14.9 Å². The van der Waals surface area contributed by atoms with Crippen LogP contribution in [-0.4, -0.2) is 41.7 Å². The third-order valence-corrected chi connectivity index (χ3v) is 5.43. The Labute approximate surface area is 168 Å². The van der Waals surface area contributed by atoms with Crippen LogP contribution in [0.4, 0.5) is 5.69 Å². The van der Waals surface area contributed by atoms with Crippen LogP contribution in [0.3, 0.4) is 0 Å². The first-order chi connectivity index (χ1) is 14.0. The van der Waals surface area contributed by atoms with Crippen molar-refractivity contribution >= 4 is 22.7 Å². The maximum Gasteiger partial charge on any atom is 0.265 e. The lowest BCUT2D eigenvalue weighted by Crippen LogP contribution is -2.45. The quantitative estimate of drug-likeness (QED) is 0.728. The molecule has 1 aliphatic rings. The molecule has 1 N–H and O–H groups in total. The first-order valence-corrected chi connectivity index (χ1v) is 9.63. The summed E-state index contributed by atoms with van der Waals surface area (Å²) in [5.41, 5.74) is 1.25. The molecule has 0 unspecified atom stereocenters. The smallest absolute Gasteiger partial charge is 0.265 e. The summed E-state index contributed by atoms with van der Waals surface area (Å²) in [6.45, 7) is 3.29. The average Bonchev–Trinajstić information content (AvgIpc) is 3.08. The van der Waals surface area contributed by atoms with E-state index in [1.54, 1.807) is 21.1 Å². The number of nitrogens with one attached hydrogen (secondary N) is 1. The maximum absolute atomic E-state index is 12.9. The first kappa shape index (κ1) is 19.0. The summed E-state index contributed by atoms with van der Waals surface area (Å²) >= 11 is 0. The molecule has 152 valence electrons. The van der Waals surface area contributed by atoms with E-state index in [2.05, 4.69) is 15.2 Å². The van der Waals surface area contributed by atoms with Crippen molar-refractivity contribution in [3.63, 3.8) is 0 Å². The van der Waals surface area contributed by atoms with Crippen molar-refractivity contribution in [2.24, 2.45) is 7.05 Å². The molecule has 0 atom stereocenters. The van der Waals surface area contributed by atoms with E-state index < -0.39 is 0 Å². The second-order valence-corrected chi connectivity index (χ2v) is 7.28. The minimum Gasteiger partial charge on any atom is -0.495 e. The van der Waals surface area contributed by atoms with Gasteiger partial charge in [-0.1, -0.05) is 12.1 Å². The number of methoxy groups -OCH3 is 1. The highest BCUT2D eigenvalue weighted by molar-refractivity contribution is 6.06. The van der Waals surface area contributed by atoms with Crippen LogP contribution in [0.5, 0.6) is 5.75 Å². The number of piperidine rings is 1. The average molecular weight is 396 g/mol. The van der Waals surface area contributed by atoms with Gasteiger partial charge in [0.1, 0.15) is 23.2 Å². The molecule has 1 saturated heterocycles. The van der Waals surface area contributed by atoms with Gasteiger partial charge in [0.05, 0.1) is 18.4 Å². The minimum atomic E-state index is -0.290. The van der Waals surface area contributed by atoms with Crippen LogP contribution in [0.15, 0.2) is 39.8 Å². The van der Waals surface area contributed by atoms with Crippen LogP contribution in [0.2, 0.25) is 0 Å². The normalized spacial score (nSPS) is 14.9. The summed E-state index contributed by atoms with van der Waals surface area (Å²) in [7, 11) is 3.27. The predicted octanol–water partition coefficient (Wildman–Crippen LogP) is 2.24. The summed E-state index contributed by atoms with van der Waals surface area (Å²) in [5, 5.41) is 3.30. The van der Waals surface area contributed by atoms with Gasteiger partial charge in [0.25, 0.3) is 11.5 Å². The molecule has 0 aliphatic carbocycles. The summed E-state index contributed by atoms with van der Waals surface area (Å²) in [6.07, 6.45) is 2.99. The van der Waals surface area contributed by atoms with Gasteiger partial charge >= 0.3 is 0 Å². The van der Waals surface area contributed by atoms with Gasteiger partial charge in [-0.3, -0.25) is 9.59 Å². The zero-order valence-electron chi connectivity index (χ0n) is 16.8. The van der Waals surface area contributed by atoms with Crippen LogP contribution >= 0.6 is 0 Å². The van der Waals surface area contributed by atoms with Crippen LogP contribution in [0.25, 0.3) is 11.1 Å². The predicted molar refractivity (Wildman–Crippen MR) is 110 cm³/mol. The molecule has 4 rings (SSSR count). The monoisotopic (exact) mass is 396 g/mol. The number of para-hydroxylation sites is 2. The van der Waals surface area contributed by atoms with E-state index in [0.717, 1.165) is 37.4 Å². The van der Waals surface area contributed by atoms with Crippen molar-refractivity contribution in [3.8, 4) is 5.75 Å². The summed E-state index contributed by atoms with van der Waals surface area (Å²) in [6, 6.07) is 7.96. The molecule has 3 heterocycles. The minimum absolute atomic E-state index is 0.0262. The highest BCUT2D eigenvalue weighted by Crippen LogP contribution is 2.30. The number of fused-ring (bicyclic) bond motifs is 1. The molecule has 0 saturated carbocycles. The van der Waals surface area contributed by atoms with Crippen molar-refractivity contribution < 1.29 is 13.9 Å². The van der Waals surface area contributed by atoms with Gasteiger partial charge < -0.3 is 23.9 Å². The second-order valence-electron chi connectivity index (χ2n) is 7.28. The van der Waals surface area contributed by atoms with Gasteiger partial charge in [-0.25, -0.2) is 4.98 Å². The molecular formula is C21H24N4O4. The van der Waals surface area contributed by atoms with E-state index in [0.29, 0.717) is 5.76 Å². The standard InChI is InChI=1S/C21H24N4O4/c1-13-17(18-20(29-13)22-12-24(2)21(18)27)19(26)23-14-8-10-25(11-9-14)15-6-4-5-7-16(15)28-3/h4-7,12,14H,8-11H2,1-3H3,(H,23,26). The van der Waals surface area contributed by atoms with E-state index in [9.17, 15) is 9.59 Å². The second kappa shape index (κ2) is 7.62. The van der Waals surface area contributed by atoms with Gasteiger partial charge in [0, 0.05) is 26.2 Å². The molecule has 8 heteroatoms. The maximum atomic E-state index is 12.9. The first-order valence-electron chi connectivity index (χ1n) is 9.63. The zero-order chi connectivity index (χ0) is 20.5. The number of furan rings is 1. The van der Waals surface area contributed by atoms with Crippen LogP contribution in [-0.2, 0) is 7.05 Å². The van der Waals surface area contributed by atoms with Crippen LogP contribution in [0, 0.1) is 6.92 Å². The number of rotatable bonds is 4. The molecule has 29 heavy (non-hydrogen) atoms. The number of aromatic nitrogens is 2. The number of benzene rings is 1. The lowest BCUT2D eigenvalue weighted by Gasteiger charge is -2.34. The molecule has 1 aromatic carbocycles. The fraction of sp³-hybridized carbons (Fsp3) is 0.381. The van der Waals surface area contributed by atoms with Crippen molar-refractivity contribution in [2.45, 2.75) is 25.8 Å². The molecule has 2 aromatic heterocycles. The Morgan fingerprint density at radius 1 is 1.28 bits per heavy atom. The van der Waals surface area contributed by atoms with Gasteiger partial charge in [-0.2, -0.15) is 0 Å². The number of carbonyl (C=O) groups is 1. The number of hydrogen-bond donors (Lipinski definition) is 1. The van der Waals surface area contributed by atoms with E-state index in [-0.39, 0.29) is 34.2 Å². The Balaban J connectivity index is 1.49. The molecule has 1 fully saturated rings. The SMILES string of the molecule is COc1ccccc1N1CCC(NC(=O)c2c(C)oc3ncn(C)c(=O)c23)CC1. The topological polar surface area (TPSA) is 89.6 Å². The molecule has 0 spiro atoms. The van der Waals surface area contributed by atoms with Crippen LogP contribution in [0.1, 0.15) is 29.0 Å². The fourth-order valence-electron chi connectivity index (χ4n) is 3.87. The van der Waals surface area contributed by atoms with Crippen molar-refractivity contribution in [1.29, 1.82) is 0 Å². The summed E-state index contributed by atoms with van der Waals surface area (Å²) in [4.78, 5) is 31.8. The Hall–Kier alpha value is -3.29. The Morgan fingerprint density at radius 2 is 2.00 bits per heavy atom. The lowest BCUT2D eigenvalue weighted by molar-refractivity contribution is 0.0931. The fourth-order valence-corrected chi connectivity index (χ4v) is 3.87.